The maximum atomic E-state index is 14.5. The fourth-order valence-corrected chi connectivity index (χ4v) is 5.43. The van der Waals surface area contributed by atoms with E-state index in [1.165, 1.54) is 0 Å². The van der Waals surface area contributed by atoms with Gasteiger partial charge in [0.1, 0.15) is 17.5 Å². The zero-order valence-corrected chi connectivity index (χ0v) is 18.2. The molecule has 0 spiro atoms. The first-order chi connectivity index (χ1) is 15.5. The molecule has 2 aromatic heterocycles. The Morgan fingerprint density at radius 2 is 2.00 bits per heavy atom. The lowest BCUT2D eigenvalue weighted by Gasteiger charge is -2.36. The van der Waals surface area contributed by atoms with Gasteiger partial charge in [0.25, 0.3) is 0 Å². The van der Waals surface area contributed by atoms with Gasteiger partial charge in [-0.25, -0.2) is 14.4 Å². The number of hydrogen-bond acceptors (Lipinski definition) is 7. The van der Waals surface area contributed by atoms with Crippen LogP contribution in [0.1, 0.15) is 36.0 Å². The molecule has 3 unspecified atom stereocenters. The highest BCUT2D eigenvalue weighted by Crippen LogP contribution is 2.48. The third kappa shape index (κ3) is 3.04. The van der Waals surface area contributed by atoms with Crippen molar-refractivity contribution < 1.29 is 9.13 Å². The number of aryl methyl sites for hydroxylation is 2. The lowest BCUT2D eigenvalue weighted by Crippen LogP contribution is -2.46. The van der Waals surface area contributed by atoms with Crippen molar-refractivity contribution >= 4 is 5.82 Å². The van der Waals surface area contributed by atoms with Gasteiger partial charge in [-0.15, -0.1) is 0 Å². The van der Waals surface area contributed by atoms with E-state index in [-0.39, 0.29) is 17.9 Å². The smallest absolute Gasteiger partial charge is 0.324 e. The van der Waals surface area contributed by atoms with Crippen molar-refractivity contribution in [3.05, 3.63) is 53.0 Å². The summed E-state index contributed by atoms with van der Waals surface area (Å²) in [6.07, 6.45) is 5.69. The number of nitrogens with two attached hydrogens (primary N) is 1. The van der Waals surface area contributed by atoms with Crippen LogP contribution in [0.25, 0.3) is 11.1 Å². The number of nitrogens with zero attached hydrogens (tertiary/aromatic N) is 5. The quantitative estimate of drug-likeness (QED) is 0.528. The highest BCUT2D eigenvalue weighted by molar-refractivity contribution is 5.85. The summed E-state index contributed by atoms with van der Waals surface area (Å²) in [5, 5.41) is 0. The Hall–Kier alpha value is -3.13. The zero-order chi connectivity index (χ0) is 22.0. The lowest BCUT2D eigenvalue weighted by molar-refractivity contribution is 0.194. The van der Waals surface area contributed by atoms with Gasteiger partial charge in [0.15, 0.2) is 5.75 Å². The Balaban J connectivity index is 1.46. The summed E-state index contributed by atoms with van der Waals surface area (Å²) in [5.74, 6) is 2.81. The Labute approximate surface area is 185 Å². The summed E-state index contributed by atoms with van der Waals surface area (Å²) in [6, 6.07) is 3.77. The van der Waals surface area contributed by atoms with E-state index in [0.717, 1.165) is 59.7 Å². The van der Waals surface area contributed by atoms with E-state index in [0.29, 0.717) is 29.8 Å². The van der Waals surface area contributed by atoms with Gasteiger partial charge < -0.3 is 15.4 Å². The standard InChI is InChI=1S/C24H25FN6O/c1-3-13-4-15(25)6-18-17(13)7-21-22(18)23(31-10-14-5-20(26)19(14)11-31)30-24(29-21)32-16-8-27-12(2)28-9-16/h4,6,8-9,14,19-20H,3,5,7,10-11,26H2,1-2H3. The van der Waals surface area contributed by atoms with Crippen molar-refractivity contribution in [3.8, 4) is 22.9 Å². The maximum Gasteiger partial charge on any atom is 0.324 e. The molecule has 2 aliphatic carbocycles. The Kier molecular flexibility index (Phi) is 4.40. The second-order valence-electron chi connectivity index (χ2n) is 9.07. The third-order valence-corrected chi connectivity index (χ3v) is 7.13. The summed E-state index contributed by atoms with van der Waals surface area (Å²) >= 11 is 0. The van der Waals surface area contributed by atoms with E-state index < -0.39 is 0 Å². The van der Waals surface area contributed by atoms with E-state index in [4.69, 9.17) is 20.4 Å². The molecular weight excluding hydrogens is 407 g/mol. The van der Waals surface area contributed by atoms with Gasteiger partial charge in [0.05, 0.1) is 18.1 Å². The number of rotatable bonds is 4. The van der Waals surface area contributed by atoms with Crippen molar-refractivity contribution in [2.75, 3.05) is 18.0 Å². The van der Waals surface area contributed by atoms with Gasteiger partial charge in [-0.2, -0.15) is 9.97 Å². The average molecular weight is 433 g/mol. The first-order valence-electron chi connectivity index (χ1n) is 11.2. The number of halogens is 1. The van der Waals surface area contributed by atoms with Gasteiger partial charge >= 0.3 is 6.01 Å². The van der Waals surface area contributed by atoms with Crippen LogP contribution in [0, 0.1) is 24.6 Å². The first-order valence-corrected chi connectivity index (χ1v) is 11.2. The molecule has 3 atom stereocenters. The number of hydrogen-bond donors (Lipinski definition) is 1. The van der Waals surface area contributed by atoms with E-state index >= 15 is 0 Å². The molecule has 164 valence electrons. The van der Waals surface area contributed by atoms with Crippen molar-refractivity contribution in [1.29, 1.82) is 0 Å². The van der Waals surface area contributed by atoms with Crippen LogP contribution in [-0.4, -0.2) is 39.1 Å². The first kappa shape index (κ1) is 19.5. The Bertz CT molecular complexity index is 1210. The van der Waals surface area contributed by atoms with Gasteiger partial charge in [0.2, 0.25) is 0 Å². The second-order valence-corrected chi connectivity index (χ2v) is 9.07. The Morgan fingerprint density at radius 1 is 1.19 bits per heavy atom. The fraction of sp³-hybridized carbons (Fsp3) is 0.417. The largest absolute Gasteiger partial charge is 0.421 e. The van der Waals surface area contributed by atoms with E-state index in [2.05, 4.69) is 21.8 Å². The van der Waals surface area contributed by atoms with Crippen LogP contribution in [0.3, 0.4) is 0 Å². The van der Waals surface area contributed by atoms with Crippen molar-refractivity contribution in [2.24, 2.45) is 17.6 Å². The summed E-state index contributed by atoms with van der Waals surface area (Å²) < 4.78 is 20.4. The molecule has 32 heavy (non-hydrogen) atoms. The van der Waals surface area contributed by atoms with Crippen LogP contribution in [0.2, 0.25) is 0 Å². The molecule has 7 nitrogen and oxygen atoms in total. The summed E-state index contributed by atoms with van der Waals surface area (Å²) in [5.41, 5.74) is 11.1. The van der Waals surface area contributed by atoms with Gasteiger partial charge in [0, 0.05) is 31.1 Å². The second kappa shape index (κ2) is 7.20. The van der Waals surface area contributed by atoms with Crippen molar-refractivity contribution in [3.63, 3.8) is 0 Å². The van der Waals surface area contributed by atoms with Crippen molar-refractivity contribution in [1.82, 2.24) is 19.9 Å². The van der Waals surface area contributed by atoms with E-state index in [1.54, 1.807) is 24.5 Å². The molecule has 8 heteroatoms. The fourth-order valence-electron chi connectivity index (χ4n) is 5.43. The van der Waals surface area contributed by atoms with Crippen LogP contribution in [0.5, 0.6) is 11.8 Å². The normalized spacial score (nSPS) is 22.9. The molecule has 1 saturated carbocycles. The lowest BCUT2D eigenvalue weighted by atomic mass is 9.72. The Morgan fingerprint density at radius 3 is 2.72 bits per heavy atom. The number of ether oxygens (including phenoxy) is 1. The molecule has 2 N–H and O–H groups in total. The molecule has 3 heterocycles. The average Bonchev–Trinajstić information content (AvgIpc) is 3.31. The van der Waals surface area contributed by atoms with E-state index in [1.807, 2.05) is 6.92 Å². The molecule has 0 amide bonds. The van der Waals surface area contributed by atoms with Gasteiger partial charge in [-0.05, 0) is 60.4 Å². The molecule has 3 aliphatic rings. The molecule has 1 aromatic carbocycles. The summed E-state index contributed by atoms with van der Waals surface area (Å²) in [7, 11) is 0. The summed E-state index contributed by atoms with van der Waals surface area (Å²) in [4.78, 5) is 20.2. The van der Waals surface area contributed by atoms with Crippen LogP contribution in [0.4, 0.5) is 10.2 Å². The minimum atomic E-state index is -0.222. The zero-order valence-electron chi connectivity index (χ0n) is 18.2. The van der Waals surface area contributed by atoms with Crippen LogP contribution < -0.4 is 15.4 Å². The molecule has 1 aliphatic heterocycles. The predicted octanol–water partition coefficient (Wildman–Crippen LogP) is 3.42. The monoisotopic (exact) mass is 432 g/mol. The van der Waals surface area contributed by atoms with Crippen LogP contribution in [-0.2, 0) is 12.8 Å². The van der Waals surface area contributed by atoms with Gasteiger partial charge in [-0.1, -0.05) is 6.92 Å². The highest BCUT2D eigenvalue weighted by Gasteiger charge is 2.46. The topological polar surface area (TPSA) is 90.0 Å². The molecular formula is C24H25FN6O. The molecule has 2 fully saturated rings. The van der Waals surface area contributed by atoms with Gasteiger partial charge in [-0.3, -0.25) is 0 Å². The van der Waals surface area contributed by atoms with Crippen molar-refractivity contribution in [2.45, 2.75) is 39.2 Å². The SMILES string of the molecule is CCc1cc(F)cc2c1Cc1nc(Oc3cnc(C)nc3)nc(N3CC4CC(N)C4C3)c1-2. The predicted molar refractivity (Wildman–Crippen MR) is 118 cm³/mol. The molecule has 6 rings (SSSR count). The van der Waals surface area contributed by atoms with Crippen LogP contribution in [0.15, 0.2) is 24.5 Å². The minimum Gasteiger partial charge on any atom is -0.421 e. The number of aromatic nitrogens is 4. The molecule has 1 saturated heterocycles. The minimum absolute atomic E-state index is 0.222. The molecule has 0 bridgehead atoms. The van der Waals surface area contributed by atoms with E-state index in [9.17, 15) is 4.39 Å². The molecule has 3 aromatic rings. The molecule has 0 radical (unpaired) electrons. The number of anilines is 1. The number of fused-ring (bicyclic) bond motifs is 4. The summed E-state index contributed by atoms with van der Waals surface area (Å²) in [6.45, 7) is 5.63. The third-order valence-electron chi connectivity index (χ3n) is 7.13. The van der Waals surface area contributed by atoms with Crippen LogP contribution >= 0.6 is 0 Å². The maximum absolute atomic E-state index is 14.5. The number of benzene rings is 1. The highest BCUT2D eigenvalue weighted by atomic mass is 19.1.